The van der Waals surface area contributed by atoms with Gasteiger partial charge in [0.15, 0.2) is 0 Å². The molecule has 0 saturated carbocycles. The van der Waals surface area contributed by atoms with Gasteiger partial charge in [-0.05, 0) is 43.4 Å². The molecule has 0 aliphatic carbocycles. The van der Waals surface area contributed by atoms with Gasteiger partial charge in [0.1, 0.15) is 5.75 Å². The Morgan fingerprint density at radius 2 is 1.83 bits per heavy atom. The van der Waals surface area contributed by atoms with Crippen molar-refractivity contribution < 1.29 is 47.3 Å². The molecule has 0 unspecified atom stereocenters. The molecule has 0 spiro atoms. The van der Waals surface area contributed by atoms with E-state index in [0.29, 0.717) is 19.4 Å². The Kier molecular flexibility index (Phi) is 9.37. The second-order valence-corrected chi connectivity index (χ2v) is 5.90. The van der Waals surface area contributed by atoms with Gasteiger partial charge in [-0.1, -0.05) is 0 Å². The Balaban J connectivity index is 0.00000289. The number of thioether (sulfide) groups is 1. The minimum Gasteiger partial charge on any atom is -0.748 e. The summed E-state index contributed by atoms with van der Waals surface area (Å²) in [4.78, 5) is 1.16. The van der Waals surface area contributed by atoms with Gasteiger partial charge in [-0.3, -0.25) is 0 Å². The maximum absolute atomic E-state index is 10.3. The monoisotopic (exact) mass is 298 g/mol. The van der Waals surface area contributed by atoms with Crippen LogP contribution in [-0.2, 0) is 10.1 Å². The van der Waals surface area contributed by atoms with Crippen LogP contribution in [0.4, 0.5) is 0 Å². The number of benzene rings is 1. The Labute approximate surface area is 135 Å². The topological polar surface area (TPSA) is 66.4 Å². The summed E-state index contributed by atoms with van der Waals surface area (Å²) in [6.07, 6.45) is 2.90. The van der Waals surface area contributed by atoms with Gasteiger partial charge in [0.25, 0.3) is 0 Å². The van der Waals surface area contributed by atoms with E-state index in [4.69, 9.17) is 4.74 Å². The van der Waals surface area contributed by atoms with Crippen LogP contribution in [0.2, 0.25) is 0 Å². The van der Waals surface area contributed by atoms with Crippen LogP contribution in [0.3, 0.4) is 0 Å². The minimum atomic E-state index is -4.09. The van der Waals surface area contributed by atoms with Crippen LogP contribution in [0.25, 0.3) is 0 Å². The first kappa shape index (κ1) is 18.3. The third-order valence-electron chi connectivity index (χ3n) is 2.12. The van der Waals surface area contributed by atoms with Crippen LogP contribution in [0.15, 0.2) is 29.2 Å². The SMILES string of the molecule is CSc1ccc(OCCCCS(=O)(=O)[O-])cc1.[Na+]. The molecule has 0 amide bonds. The molecule has 0 saturated heterocycles. The van der Waals surface area contributed by atoms with E-state index in [-0.39, 0.29) is 35.3 Å². The molecule has 96 valence electrons. The molecule has 1 rings (SSSR count). The van der Waals surface area contributed by atoms with Crippen molar-refractivity contribution in [1.82, 2.24) is 0 Å². The fraction of sp³-hybridized carbons (Fsp3) is 0.455. The number of hydrogen-bond donors (Lipinski definition) is 0. The molecule has 0 bridgehead atoms. The summed E-state index contributed by atoms with van der Waals surface area (Å²) in [7, 11) is -4.09. The second-order valence-electron chi connectivity index (χ2n) is 3.49. The third kappa shape index (κ3) is 8.39. The van der Waals surface area contributed by atoms with Crippen LogP contribution in [0.5, 0.6) is 5.75 Å². The maximum Gasteiger partial charge on any atom is 1.00 e. The second kappa shape index (κ2) is 9.23. The molecule has 0 aromatic heterocycles. The average Bonchev–Trinajstić information content (AvgIpc) is 2.28. The quantitative estimate of drug-likeness (QED) is 0.283. The van der Waals surface area contributed by atoms with E-state index in [9.17, 15) is 13.0 Å². The average molecular weight is 298 g/mol. The molecule has 7 heteroatoms. The zero-order valence-electron chi connectivity index (χ0n) is 10.6. The molecule has 1 aromatic rings. The van der Waals surface area contributed by atoms with Gasteiger partial charge in [0.05, 0.1) is 16.7 Å². The van der Waals surface area contributed by atoms with Gasteiger partial charge in [-0.25, -0.2) is 8.42 Å². The number of ether oxygens (including phenoxy) is 1. The molecule has 1 aromatic carbocycles. The van der Waals surface area contributed by atoms with Crippen molar-refractivity contribution in [2.75, 3.05) is 18.6 Å². The number of unbranched alkanes of at least 4 members (excludes halogenated alkanes) is 1. The first-order chi connectivity index (χ1) is 8.01. The summed E-state index contributed by atoms with van der Waals surface area (Å²) in [5, 5.41) is 0. The molecular formula is C11H15NaO4S2. The van der Waals surface area contributed by atoms with Crippen molar-refractivity contribution >= 4 is 21.9 Å². The molecule has 0 N–H and O–H groups in total. The predicted molar refractivity (Wildman–Crippen MR) is 67.5 cm³/mol. The fourth-order valence-corrected chi connectivity index (χ4v) is 2.21. The van der Waals surface area contributed by atoms with Gasteiger partial charge in [-0.2, -0.15) is 0 Å². The van der Waals surface area contributed by atoms with E-state index in [1.807, 2.05) is 30.5 Å². The summed E-state index contributed by atoms with van der Waals surface area (Å²) < 4.78 is 36.4. The Bertz CT molecular complexity index is 431. The normalized spacial score (nSPS) is 10.8. The zero-order valence-corrected chi connectivity index (χ0v) is 14.2. The predicted octanol–water partition coefficient (Wildman–Crippen LogP) is -0.883. The third-order valence-corrected chi connectivity index (χ3v) is 3.65. The van der Waals surface area contributed by atoms with Crippen molar-refractivity contribution in [3.63, 3.8) is 0 Å². The molecule has 4 nitrogen and oxygen atoms in total. The van der Waals surface area contributed by atoms with Gasteiger partial charge < -0.3 is 9.29 Å². The smallest absolute Gasteiger partial charge is 0.748 e. The Morgan fingerprint density at radius 3 is 2.33 bits per heavy atom. The first-order valence-corrected chi connectivity index (χ1v) is 8.02. The van der Waals surface area contributed by atoms with E-state index in [0.717, 1.165) is 10.6 Å². The van der Waals surface area contributed by atoms with Crippen LogP contribution < -0.4 is 34.3 Å². The van der Waals surface area contributed by atoms with Crippen molar-refractivity contribution in [2.24, 2.45) is 0 Å². The molecule has 0 aliphatic rings. The van der Waals surface area contributed by atoms with Gasteiger partial charge >= 0.3 is 29.6 Å². The summed E-state index contributed by atoms with van der Waals surface area (Å²) in [5.41, 5.74) is 0. The number of hydrogen-bond acceptors (Lipinski definition) is 5. The molecular weight excluding hydrogens is 283 g/mol. The Morgan fingerprint density at radius 1 is 1.22 bits per heavy atom. The standard InChI is InChI=1S/C11H16O4S2.Na/c1-16-11-6-4-10(5-7-11)15-8-2-3-9-17(12,13)14;/h4-7H,2-3,8-9H2,1H3,(H,12,13,14);/q;+1/p-1. The van der Waals surface area contributed by atoms with Gasteiger partial charge in [0, 0.05) is 10.6 Å². The van der Waals surface area contributed by atoms with Crippen LogP contribution >= 0.6 is 11.8 Å². The Hall–Kier alpha value is 0.280. The molecule has 0 aliphatic heterocycles. The van der Waals surface area contributed by atoms with E-state index in [1.165, 1.54) is 0 Å². The van der Waals surface area contributed by atoms with Crippen molar-refractivity contribution in [1.29, 1.82) is 0 Å². The molecule has 0 radical (unpaired) electrons. The van der Waals surface area contributed by atoms with Crippen molar-refractivity contribution in [2.45, 2.75) is 17.7 Å². The van der Waals surface area contributed by atoms with Crippen LogP contribution in [-0.4, -0.2) is 31.6 Å². The van der Waals surface area contributed by atoms with Gasteiger partial charge in [0.2, 0.25) is 0 Å². The molecule has 0 heterocycles. The summed E-state index contributed by atoms with van der Waals surface area (Å²) in [5.74, 6) is 0.440. The largest absolute Gasteiger partial charge is 1.00 e. The van der Waals surface area contributed by atoms with Crippen LogP contribution in [0, 0.1) is 0 Å². The van der Waals surface area contributed by atoms with E-state index < -0.39 is 10.1 Å². The van der Waals surface area contributed by atoms with Gasteiger partial charge in [-0.15, -0.1) is 11.8 Å². The van der Waals surface area contributed by atoms with Crippen molar-refractivity contribution in [3.8, 4) is 5.75 Å². The molecule has 0 atom stereocenters. The number of rotatable bonds is 7. The summed E-state index contributed by atoms with van der Waals surface area (Å²) >= 11 is 1.66. The summed E-state index contributed by atoms with van der Waals surface area (Å²) in [6, 6.07) is 7.66. The zero-order chi connectivity index (χ0) is 12.7. The van der Waals surface area contributed by atoms with E-state index in [2.05, 4.69) is 0 Å². The van der Waals surface area contributed by atoms with E-state index >= 15 is 0 Å². The summed E-state index contributed by atoms with van der Waals surface area (Å²) in [6.45, 7) is 0.425. The molecule has 18 heavy (non-hydrogen) atoms. The maximum atomic E-state index is 10.3. The first-order valence-electron chi connectivity index (χ1n) is 5.22. The van der Waals surface area contributed by atoms with E-state index in [1.54, 1.807) is 11.8 Å². The van der Waals surface area contributed by atoms with Crippen molar-refractivity contribution in [3.05, 3.63) is 24.3 Å². The minimum absolute atomic E-state index is 0. The fourth-order valence-electron chi connectivity index (χ4n) is 1.24. The van der Waals surface area contributed by atoms with Crippen LogP contribution in [0.1, 0.15) is 12.8 Å². The molecule has 0 fully saturated rings.